The minimum atomic E-state index is -0.205. The van der Waals surface area contributed by atoms with Crippen molar-refractivity contribution in [1.82, 2.24) is 30.0 Å². The van der Waals surface area contributed by atoms with Crippen LogP contribution in [0.2, 0.25) is 0 Å². The molecule has 0 aliphatic carbocycles. The van der Waals surface area contributed by atoms with E-state index in [-0.39, 0.29) is 22.3 Å². The van der Waals surface area contributed by atoms with Crippen LogP contribution < -0.4 is 0 Å². The molecule has 2 aromatic heterocycles. The van der Waals surface area contributed by atoms with Gasteiger partial charge in [0.05, 0.1) is 26.4 Å². The third-order valence-electron chi connectivity index (χ3n) is 8.58. The van der Waals surface area contributed by atoms with Crippen molar-refractivity contribution in [2.24, 2.45) is 0 Å². The lowest BCUT2D eigenvalue weighted by molar-refractivity contribution is 0.0605. The van der Waals surface area contributed by atoms with Crippen molar-refractivity contribution in [3.05, 3.63) is 82.9 Å². The van der Waals surface area contributed by atoms with Crippen molar-refractivity contribution in [2.45, 2.75) is 76.0 Å². The minimum Gasteiger partial charge on any atom is -0.505 e. The number of thioether (sulfide) groups is 2. The van der Waals surface area contributed by atoms with Crippen molar-refractivity contribution in [1.29, 1.82) is 0 Å². The van der Waals surface area contributed by atoms with E-state index in [4.69, 9.17) is 9.47 Å². The zero-order valence-electron chi connectivity index (χ0n) is 31.2. The lowest BCUT2D eigenvalue weighted by atomic mass is 9.85. The third-order valence-corrected chi connectivity index (χ3v) is 10.5. The summed E-state index contributed by atoms with van der Waals surface area (Å²) in [6.07, 6.45) is 0. The van der Waals surface area contributed by atoms with E-state index < -0.39 is 0 Å². The SMILES string of the molecule is Cc1cc(-n2nc3ccc(SCCOCCOCCSc4ccc5nn(-c6cc(C)cc(C(C)(C)C)c6O)nc5c4)cc3n2)c(O)c(C(C)(C)C)c1. The van der Waals surface area contributed by atoms with Gasteiger partial charge in [0.15, 0.2) is 0 Å². The normalized spacial score (nSPS) is 12.4. The zero-order valence-corrected chi connectivity index (χ0v) is 32.9. The van der Waals surface area contributed by atoms with Gasteiger partial charge in [-0.05, 0) is 84.3 Å². The number of nitrogens with zero attached hydrogens (tertiary/aromatic N) is 6. The molecule has 0 aliphatic heterocycles. The lowest BCUT2D eigenvalue weighted by Crippen LogP contribution is -2.13. The van der Waals surface area contributed by atoms with Crippen LogP contribution in [0.3, 0.4) is 0 Å². The first kappa shape index (κ1) is 37.7. The van der Waals surface area contributed by atoms with Crippen LogP contribution >= 0.6 is 23.5 Å². The smallest absolute Gasteiger partial charge is 0.146 e. The fourth-order valence-corrected chi connectivity index (χ4v) is 7.50. The summed E-state index contributed by atoms with van der Waals surface area (Å²) in [5.74, 6) is 2.03. The Morgan fingerprint density at radius 3 is 1.31 bits per heavy atom. The second kappa shape index (κ2) is 15.5. The van der Waals surface area contributed by atoms with Gasteiger partial charge < -0.3 is 19.7 Å². The average Bonchev–Trinajstić information content (AvgIpc) is 3.70. The van der Waals surface area contributed by atoms with Crippen LogP contribution in [-0.2, 0) is 20.3 Å². The van der Waals surface area contributed by atoms with E-state index >= 15 is 0 Å². The van der Waals surface area contributed by atoms with Gasteiger partial charge in [-0.1, -0.05) is 53.7 Å². The number of aromatic nitrogens is 6. The Labute approximate surface area is 313 Å². The Bertz CT molecular complexity index is 2040. The highest BCUT2D eigenvalue weighted by atomic mass is 32.2. The number of aryl methyl sites for hydroxylation is 2. The summed E-state index contributed by atoms with van der Waals surface area (Å²) in [7, 11) is 0. The monoisotopic (exact) mass is 740 g/mol. The maximum Gasteiger partial charge on any atom is 0.146 e. The number of hydrogen-bond donors (Lipinski definition) is 2. The van der Waals surface area contributed by atoms with Crippen LogP contribution in [0.1, 0.15) is 63.8 Å². The highest BCUT2D eigenvalue weighted by molar-refractivity contribution is 7.99. The molecule has 0 amide bonds. The van der Waals surface area contributed by atoms with Gasteiger partial charge in [-0.25, -0.2) is 0 Å². The Morgan fingerprint density at radius 2 is 0.923 bits per heavy atom. The first-order valence-corrected chi connectivity index (χ1v) is 19.5. The summed E-state index contributed by atoms with van der Waals surface area (Å²) in [4.78, 5) is 5.24. The average molecular weight is 741 g/mol. The van der Waals surface area contributed by atoms with E-state index in [1.54, 1.807) is 23.5 Å². The molecule has 0 atom stereocenters. The maximum atomic E-state index is 11.0. The summed E-state index contributed by atoms with van der Waals surface area (Å²) in [6.45, 7) is 18.8. The van der Waals surface area contributed by atoms with E-state index in [1.165, 1.54) is 9.59 Å². The second-order valence-corrected chi connectivity index (χ2v) is 17.4. The molecule has 274 valence electrons. The Kier molecular flexibility index (Phi) is 11.2. The number of hydrogen-bond acceptors (Lipinski definition) is 10. The number of phenolic OH excluding ortho intramolecular Hbond substituents is 2. The second-order valence-electron chi connectivity index (χ2n) is 15.1. The van der Waals surface area contributed by atoms with Gasteiger partial charge in [-0.3, -0.25) is 0 Å². The molecule has 0 bridgehead atoms. The van der Waals surface area contributed by atoms with Crippen molar-refractivity contribution in [3.63, 3.8) is 0 Å². The fraction of sp³-hybridized carbons (Fsp3) is 0.400. The molecular formula is C40H48N6O4S2. The van der Waals surface area contributed by atoms with E-state index in [2.05, 4.69) is 61.9 Å². The number of ether oxygens (including phenoxy) is 2. The summed E-state index contributed by atoms with van der Waals surface area (Å²) >= 11 is 3.41. The quantitative estimate of drug-likeness (QED) is 0.0879. The zero-order chi connectivity index (χ0) is 37.2. The molecule has 0 unspecified atom stereocenters. The summed E-state index contributed by atoms with van der Waals surface area (Å²) in [5, 5.41) is 40.7. The van der Waals surface area contributed by atoms with Crippen molar-refractivity contribution in [3.8, 4) is 22.9 Å². The highest BCUT2D eigenvalue weighted by Gasteiger charge is 2.24. The topological polar surface area (TPSA) is 120 Å². The van der Waals surface area contributed by atoms with Crippen molar-refractivity contribution >= 4 is 45.6 Å². The first-order valence-electron chi connectivity index (χ1n) is 17.5. The van der Waals surface area contributed by atoms with Gasteiger partial charge in [0.2, 0.25) is 0 Å². The number of aromatic hydroxyl groups is 2. The highest BCUT2D eigenvalue weighted by Crippen LogP contribution is 2.37. The van der Waals surface area contributed by atoms with Gasteiger partial charge in [0, 0.05) is 32.4 Å². The molecule has 0 spiro atoms. The number of fused-ring (bicyclic) bond motifs is 2. The van der Waals surface area contributed by atoms with Crippen LogP contribution in [0.25, 0.3) is 33.4 Å². The standard InChI is InChI=1S/C40H48N6O4S2/c1-25-19-29(39(3,4)5)37(47)35(21-25)45-41-31-11-9-27(23-33(31)43-45)51-17-15-49-13-14-50-16-18-52-28-10-12-32-34(24-28)44-46(42-32)36-22-26(2)20-30(38(36)48)40(6,7)8/h9-12,19-24,47-48H,13-18H2,1-8H3. The Morgan fingerprint density at radius 1 is 0.538 bits per heavy atom. The summed E-state index contributed by atoms with van der Waals surface area (Å²) < 4.78 is 11.6. The van der Waals surface area contributed by atoms with E-state index in [0.717, 1.165) is 65.6 Å². The number of phenols is 2. The van der Waals surface area contributed by atoms with Crippen molar-refractivity contribution < 1.29 is 19.7 Å². The maximum absolute atomic E-state index is 11.0. The molecule has 4 aromatic carbocycles. The summed E-state index contributed by atoms with van der Waals surface area (Å²) in [6, 6.07) is 19.9. The minimum absolute atomic E-state index is 0.205. The van der Waals surface area contributed by atoms with Crippen LogP contribution in [0.15, 0.2) is 70.5 Å². The molecule has 10 nitrogen and oxygen atoms in total. The lowest BCUT2D eigenvalue weighted by Gasteiger charge is -2.22. The number of rotatable bonds is 13. The van der Waals surface area contributed by atoms with Crippen LogP contribution in [-0.4, -0.2) is 78.1 Å². The molecule has 0 radical (unpaired) electrons. The van der Waals surface area contributed by atoms with Crippen LogP contribution in [0.5, 0.6) is 11.5 Å². The van der Waals surface area contributed by atoms with E-state index in [1.807, 2.05) is 74.5 Å². The first-order chi connectivity index (χ1) is 24.7. The van der Waals surface area contributed by atoms with E-state index in [0.29, 0.717) is 37.8 Å². The fourth-order valence-electron chi connectivity index (χ4n) is 5.91. The Balaban J connectivity index is 0.919. The molecule has 0 saturated carbocycles. The molecule has 0 fully saturated rings. The van der Waals surface area contributed by atoms with Crippen LogP contribution in [0, 0.1) is 13.8 Å². The molecule has 52 heavy (non-hydrogen) atoms. The molecule has 6 rings (SSSR count). The van der Waals surface area contributed by atoms with Gasteiger partial charge in [-0.15, -0.1) is 53.5 Å². The van der Waals surface area contributed by atoms with Gasteiger partial charge in [0.1, 0.15) is 44.9 Å². The number of benzene rings is 4. The Hall–Kier alpha value is -4.10. The molecule has 0 saturated heterocycles. The van der Waals surface area contributed by atoms with Crippen LogP contribution in [0.4, 0.5) is 0 Å². The summed E-state index contributed by atoms with van der Waals surface area (Å²) in [5.41, 5.74) is 7.71. The molecule has 2 heterocycles. The largest absolute Gasteiger partial charge is 0.505 e. The van der Waals surface area contributed by atoms with Crippen molar-refractivity contribution in [2.75, 3.05) is 37.9 Å². The predicted octanol–water partition coefficient (Wildman–Crippen LogP) is 8.70. The van der Waals surface area contributed by atoms with E-state index in [9.17, 15) is 10.2 Å². The molecular weight excluding hydrogens is 693 g/mol. The molecule has 2 N–H and O–H groups in total. The third kappa shape index (κ3) is 8.74. The predicted molar refractivity (Wildman–Crippen MR) is 211 cm³/mol. The van der Waals surface area contributed by atoms with Gasteiger partial charge in [-0.2, -0.15) is 0 Å². The van der Waals surface area contributed by atoms with Gasteiger partial charge in [0.25, 0.3) is 0 Å². The molecule has 12 heteroatoms. The molecule has 0 aliphatic rings. The molecule has 6 aromatic rings. The van der Waals surface area contributed by atoms with Gasteiger partial charge >= 0.3 is 0 Å².